The van der Waals surface area contributed by atoms with E-state index in [-0.39, 0.29) is 6.03 Å². The van der Waals surface area contributed by atoms with E-state index < -0.39 is 0 Å². The lowest BCUT2D eigenvalue weighted by molar-refractivity contribution is 0.241. The lowest BCUT2D eigenvalue weighted by Gasteiger charge is -2.19. The van der Waals surface area contributed by atoms with Gasteiger partial charge >= 0.3 is 6.03 Å². The molecule has 1 aromatic rings. The van der Waals surface area contributed by atoms with Gasteiger partial charge in [0.1, 0.15) is 0 Å². The van der Waals surface area contributed by atoms with Crippen molar-refractivity contribution < 1.29 is 4.79 Å². The van der Waals surface area contributed by atoms with Gasteiger partial charge in [-0.3, -0.25) is 0 Å². The van der Waals surface area contributed by atoms with Crippen molar-refractivity contribution >= 4 is 11.7 Å². The molecule has 0 aliphatic rings. The van der Waals surface area contributed by atoms with E-state index in [0.717, 1.165) is 13.0 Å². The molecule has 1 rings (SSSR count). The smallest absolute Gasteiger partial charge is 0.314 e. The molecule has 0 fully saturated rings. The number of hydrogen-bond donors (Lipinski definition) is 2. The molecule has 0 bridgehead atoms. The zero-order valence-corrected chi connectivity index (χ0v) is 10.6. The molecule has 0 aliphatic heterocycles. The summed E-state index contributed by atoms with van der Waals surface area (Å²) in [5.74, 6) is 0. The Labute approximate surface area is 103 Å². The number of hydrogen-bond acceptors (Lipinski definition) is 2. The molecule has 0 saturated heterocycles. The Hall–Kier alpha value is -1.71. The standard InChI is InChI=1S/C13H21N3O/c1-3-14-13(17)15-10-7-11-16(2)12-8-5-4-6-9-12/h4-6,8-9H,3,7,10-11H2,1-2H3,(H2,14,15,17). The molecular formula is C13H21N3O. The second-order valence-electron chi connectivity index (χ2n) is 3.90. The molecule has 0 aromatic heterocycles. The summed E-state index contributed by atoms with van der Waals surface area (Å²) in [5, 5.41) is 5.52. The van der Waals surface area contributed by atoms with Gasteiger partial charge in [0.2, 0.25) is 0 Å². The lowest BCUT2D eigenvalue weighted by Crippen LogP contribution is -2.36. The Bertz CT molecular complexity index is 327. The Morgan fingerprint density at radius 1 is 1.24 bits per heavy atom. The number of anilines is 1. The van der Waals surface area contributed by atoms with Crippen molar-refractivity contribution in [3.05, 3.63) is 30.3 Å². The van der Waals surface area contributed by atoms with Crippen molar-refractivity contribution in [1.82, 2.24) is 10.6 Å². The van der Waals surface area contributed by atoms with Gasteiger partial charge in [-0.05, 0) is 25.5 Å². The van der Waals surface area contributed by atoms with E-state index in [1.54, 1.807) is 0 Å². The lowest BCUT2D eigenvalue weighted by atomic mass is 10.3. The summed E-state index contributed by atoms with van der Waals surface area (Å²) in [7, 11) is 2.06. The molecule has 0 atom stereocenters. The second-order valence-corrected chi connectivity index (χ2v) is 3.90. The van der Waals surface area contributed by atoms with E-state index in [0.29, 0.717) is 13.1 Å². The minimum Gasteiger partial charge on any atom is -0.375 e. The third-order valence-corrected chi connectivity index (χ3v) is 2.49. The third kappa shape index (κ3) is 5.24. The highest BCUT2D eigenvalue weighted by Crippen LogP contribution is 2.10. The molecule has 0 heterocycles. The minimum atomic E-state index is -0.0881. The van der Waals surface area contributed by atoms with Crippen molar-refractivity contribution in [2.45, 2.75) is 13.3 Å². The fourth-order valence-corrected chi connectivity index (χ4v) is 1.55. The number of benzene rings is 1. The molecular weight excluding hydrogens is 214 g/mol. The first-order valence-electron chi connectivity index (χ1n) is 6.02. The van der Waals surface area contributed by atoms with Crippen LogP contribution in [0.25, 0.3) is 0 Å². The van der Waals surface area contributed by atoms with Crippen molar-refractivity contribution in [3.8, 4) is 0 Å². The van der Waals surface area contributed by atoms with Crippen LogP contribution in [0.5, 0.6) is 0 Å². The summed E-state index contributed by atoms with van der Waals surface area (Å²) in [4.78, 5) is 13.3. The zero-order chi connectivity index (χ0) is 12.5. The van der Waals surface area contributed by atoms with Crippen LogP contribution in [-0.2, 0) is 0 Å². The largest absolute Gasteiger partial charge is 0.375 e. The molecule has 2 N–H and O–H groups in total. The Morgan fingerprint density at radius 2 is 1.94 bits per heavy atom. The molecule has 0 spiro atoms. The van der Waals surface area contributed by atoms with Gasteiger partial charge in [-0.25, -0.2) is 4.79 Å². The monoisotopic (exact) mass is 235 g/mol. The van der Waals surface area contributed by atoms with Gasteiger partial charge in [0.05, 0.1) is 0 Å². The molecule has 0 unspecified atom stereocenters. The number of nitrogens with zero attached hydrogens (tertiary/aromatic N) is 1. The summed E-state index contributed by atoms with van der Waals surface area (Å²) in [6.07, 6.45) is 0.933. The molecule has 4 heteroatoms. The van der Waals surface area contributed by atoms with Gasteiger partial charge in [-0.2, -0.15) is 0 Å². The molecule has 4 nitrogen and oxygen atoms in total. The summed E-state index contributed by atoms with van der Waals surface area (Å²) in [5.41, 5.74) is 1.20. The van der Waals surface area contributed by atoms with Gasteiger partial charge in [0.25, 0.3) is 0 Å². The maximum atomic E-state index is 11.1. The number of carbonyl (C=O) groups excluding carboxylic acids is 1. The highest BCUT2D eigenvalue weighted by molar-refractivity contribution is 5.73. The maximum Gasteiger partial charge on any atom is 0.314 e. The van der Waals surface area contributed by atoms with Crippen LogP contribution in [0.1, 0.15) is 13.3 Å². The highest BCUT2D eigenvalue weighted by Gasteiger charge is 2.00. The van der Waals surface area contributed by atoms with Gasteiger partial charge in [0, 0.05) is 32.4 Å². The first-order valence-corrected chi connectivity index (χ1v) is 6.02. The average Bonchev–Trinajstić information content (AvgIpc) is 2.36. The fourth-order valence-electron chi connectivity index (χ4n) is 1.55. The normalized spacial score (nSPS) is 9.76. The Kier molecular flexibility index (Phi) is 5.93. The number of urea groups is 1. The first kappa shape index (κ1) is 13.4. The molecule has 0 radical (unpaired) electrons. The van der Waals surface area contributed by atoms with Crippen molar-refractivity contribution in [2.75, 3.05) is 31.6 Å². The van der Waals surface area contributed by atoms with Crippen LogP contribution in [0.3, 0.4) is 0 Å². The van der Waals surface area contributed by atoms with Crippen LogP contribution in [0, 0.1) is 0 Å². The first-order chi connectivity index (χ1) is 8.24. The van der Waals surface area contributed by atoms with E-state index in [9.17, 15) is 4.79 Å². The minimum absolute atomic E-state index is 0.0881. The SMILES string of the molecule is CCNC(=O)NCCCN(C)c1ccccc1. The average molecular weight is 235 g/mol. The number of amides is 2. The van der Waals surface area contributed by atoms with E-state index in [1.807, 2.05) is 25.1 Å². The number of nitrogens with one attached hydrogen (secondary N) is 2. The Balaban J connectivity index is 2.17. The topological polar surface area (TPSA) is 44.4 Å². The fraction of sp³-hybridized carbons (Fsp3) is 0.462. The summed E-state index contributed by atoms with van der Waals surface area (Å²) in [6.45, 7) is 4.19. The van der Waals surface area contributed by atoms with Crippen LogP contribution >= 0.6 is 0 Å². The van der Waals surface area contributed by atoms with E-state index in [4.69, 9.17) is 0 Å². The van der Waals surface area contributed by atoms with Crippen molar-refractivity contribution in [3.63, 3.8) is 0 Å². The van der Waals surface area contributed by atoms with Crippen LogP contribution < -0.4 is 15.5 Å². The predicted molar refractivity (Wildman–Crippen MR) is 71.4 cm³/mol. The third-order valence-electron chi connectivity index (χ3n) is 2.49. The van der Waals surface area contributed by atoms with Crippen molar-refractivity contribution in [1.29, 1.82) is 0 Å². The molecule has 1 aromatic carbocycles. The van der Waals surface area contributed by atoms with Gasteiger partial charge in [0.15, 0.2) is 0 Å². The summed E-state index contributed by atoms with van der Waals surface area (Å²) in [6, 6.07) is 10.1. The number of rotatable bonds is 6. The maximum absolute atomic E-state index is 11.1. The van der Waals surface area contributed by atoms with Crippen LogP contribution in [0.15, 0.2) is 30.3 Å². The number of carbonyl (C=O) groups is 1. The second kappa shape index (κ2) is 7.54. The highest BCUT2D eigenvalue weighted by atomic mass is 16.2. The molecule has 0 aliphatic carbocycles. The van der Waals surface area contributed by atoms with E-state index in [1.165, 1.54) is 5.69 Å². The predicted octanol–water partition coefficient (Wildman–Crippen LogP) is 1.83. The van der Waals surface area contributed by atoms with Crippen LogP contribution in [-0.4, -0.2) is 32.7 Å². The van der Waals surface area contributed by atoms with Gasteiger partial charge in [-0.15, -0.1) is 0 Å². The van der Waals surface area contributed by atoms with E-state index >= 15 is 0 Å². The van der Waals surface area contributed by atoms with Crippen LogP contribution in [0.4, 0.5) is 10.5 Å². The van der Waals surface area contributed by atoms with Gasteiger partial charge < -0.3 is 15.5 Å². The quantitative estimate of drug-likeness (QED) is 0.739. The summed E-state index contributed by atoms with van der Waals surface area (Å²) >= 11 is 0. The van der Waals surface area contributed by atoms with Gasteiger partial charge in [-0.1, -0.05) is 18.2 Å². The molecule has 0 saturated carbocycles. The zero-order valence-electron chi connectivity index (χ0n) is 10.6. The van der Waals surface area contributed by atoms with Crippen molar-refractivity contribution in [2.24, 2.45) is 0 Å². The molecule has 94 valence electrons. The molecule has 17 heavy (non-hydrogen) atoms. The molecule has 2 amide bonds. The van der Waals surface area contributed by atoms with E-state index in [2.05, 4.69) is 34.7 Å². The Morgan fingerprint density at radius 3 is 2.59 bits per heavy atom. The van der Waals surface area contributed by atoms with Crippen LogP contribution in [0.2, 0.25) is 0 Å². The number of para-hydroxylation sites is 1. The summed E-state index contributed by atoms with van der Waals surface area (Å²) < 4.78 is 0.